The molecule has 2 aromatic rings. The molecule has 0 aliphatic rings. The first-order valence-electron chi connectivity index (χ1n) is 6.54. The van der Waals surface area contributed by atoms with Gasteiger partial charge in [-0.2, -0.15) is 0 Å². The topological polar surface area (TPSA) is 98.0 Å². The maximum atomic E-state index is 12.4. The Morgan fingerprint density at radius 1 is 1.32 bits per heavy atom. The number of ketones is 1. The zero-order chi connectivity index (χ0) is 16.3. The van der Waals surface area contributed by atoms with E-state index in [1.165, 1.54) is 6.33 Å². The maximum Gasteiger partial charge on any atom is 0.251 e. The number of hydrogen-bond donors (Lipinski definition) is 2. The second-order valence-electron chi connectivity index (χ2n) is 4.74. The highest BCUT2D eigenvalue weighted by Gasteiger charge is 2.17. The summed E-state index contributed by atoms with van der Waals surface area (Å²) in [5.74, 6) is -0.426. The van der Waals surface area contributed by atoms with Gasteiger partial charge in [-0.15, -0.1) is 0 Å². The minimum absolute atomic E-state index is 0.0487. The molecular weight excluding hydrogens is 304 g/mol. The largest absolute Gasteiger partial charge is 0.382 e. The number of benzene rings is 1. The second-order valence-corrected chi connectivity index (χ2v) is 5.12. The van der Waals surface area contributed by atoms with Gasteiger partial charge in [0, 0.05) is 19.0 Å². The smallest absolute Gasteiger partial charge is 0.251 e. The van der Waals surface area contributed by atoms with Crippen molar-refractivity contribution in [3.63, 3.8) is 0 Å². The molecule has 1 aromatic carbocycles. The molecule has 22 heavy (non-hydrogen) atoms. The van der Waals surface area contributed by atoms with Gasteiger partial charge in [-0.1, -0.05) is 17.7 Å². The number of nitrogens with zero attached hydrogens (tertiary/aromatic N) is 2. The monoisotopic (exact) mass is 318 g/mol. The molecule has 6 nitrogen and oxygen atoms in total. The third-order valence-corrected chi connectivity index (χ3v) is 3.64. The number of aromatic nitrogens is 2. The number of nitrogen functional groups attached to an aromatic ring is 1. The molecule has 0 atom stereocenters. The van der Waals surface area contributed by atoms with E-state index in [4.69, 9.17) is 17.3 Å². The van der Waals surface area contributed by atoms with E-state index < -0.39 is 0 Å². The number of rotatable bonds is 4. The number of halogens is 1. The highest BCUT2D eigenvalue weighted by molar-refractivity contribution is 6.35. The van der Waals surface area contributed by atoms with Crippen LogP contribution in [0, 0.1) is 6.92 Å². The van der Waals surface area contributed by atoms with Gasteiger partial charge in [0.15, 0.2) is 5.78 Å². The average molecular weight is 319 g/mol. The van der Waals surface area contributed by atoms with E-state index >= 15 is 0 Å². The van der Waals surface area contributed by atoms with Gasteiger partial charge in [0.05, 0.1) is 0 Å². The third-order valence-electron chi connectivity index (χ3n) is 3.27. The number of amides is 1. The van der Waals surface area contributed by atoms with Crippen LogP contribution in [0.1, 0.15) is 32.0 Å². The Balaban J connectivity index is 2.32. The van der Waals surface area contributed by atoms with Gasteiger partial charge in [0.2, 0.25) is 0 Å². The Kier molecular flexibility index (Phi) is 4.72. The molecule has 0 bridgehead atoms. The van der Waals surface area contributed by atoms with Crippen molar-refractivity contribution in [1.29, 1.82) is 0 Å². The lowest BCUT2D eigenvalue weighted by molar-refractivity contribution is 0.0958. The van der Waals surface area contributed by atoms with Crippen LogP contribution >= 0.6 is 11.6 Å². The SMILES string of the molecule is CNC(=O)c1ccc(C)c(CC(=O)c2ncnc(N)c2Cl)c1. The van der Waals surface area contributed by atoms with Crippen molar-refractivity contribution in [1.82, 2.24) is 15.3 Å². The summed E-state index contributed by atoms with van der Waals surface area (Å²) in [4.78, 5) is 31.6. The number of hydrogen-bond acceptors (Lipinski definition) is 5. The van der Waals surface area contributed by atoms with Crippen LogP contribution in [0.5, 0.6) is 0 Å². The molecule has 1 amide bonds. The molecule has 0 radical (unpaired) electrons. The van der Waals surface area contributed by atoms with Gasteiger partial charge in [-0.05, 0) is 30.2 Å². The number of anilines is 1. The van der Waals surface area contributed by atoms with E-state index in [1.54, 1.807) is 25.2 Å². The van der Waals surface area contributed by atoms with Crippen LogP contribution in [-0.2, 0) is 6.42 Å². The van der Waals surface area contributed by atoms with Gasteiger partial charge < -0.3 is 11.1 Å². The zero-order valence-electron chi connectivity index (χ0n) is 12.2. The van der Waals surface area contributed by atoms with Gasteiger partial charge in [0.1, 0.15) is 22.9 Å². The first-order valence-corrected chi connectivity index (χ1v) is 6.92. The number of carbonyl (C=O) groups is 2. The fourth-order valence-corrected chi connectivity index (χ4v) is 2.19. The number of nitrogens with one attached hydrogen (secondary N) is 1. The van der Waals surface area contributed by atoms with Crippen LogP contribution in [0.25, 0.3) is 0 Å². The average Bonchev–Trinajstić information content (AvgIpc) is 2.51. The predicted octanol–water partition coefficient (Wildman–Crippen LogP) is 1.81. The molecular formula is C15H15ClN4O2. The summed E-state index contributed by atoms with van der Waals surface area (Å²) in [6.07, 6.45) is 1.27. The molecule has 7 heteroatoms. The molecule has 0 aliphatic carbocycles. The molecule has 0 unspecified atom stereocenters. The summed E-state index contributed by atoms with van der Waals surface area (Å²) in [6, 6.07) is 5.19. The van der Waals surface area contributed by atoms with Crippen LogP contribution in [0.4, 0.5) is 5.82 Å². The highest BCUT2D eigenvalue weighted by atomic mass is 35.5. The number of nitrogens with two attached hydrogens (primary N) is 1. The van der Waals surface area contributed by atoms with E-state index in [-0.39, 0.29) is 34.6 Å². The van der Waals surface area contributed by atoms with E-state index in [9.17, 15) is 9.59 Å². The quantitative estimate of drug-likeness (QED) is 0.838. The summed E-state index contributed by atoms with van der Waals surface area (Å²) in [5.41, 5.74) is 7.79. The first kappa shape index (κ1) is 15.9. The van der Waals surface area contributed by atoms with Crippen LogP contribution in [-0.4, -0.2) is 28.7 Å². The fourth-order valence-electron chi connectivity index (χ4n) is 1.98. The molecule has 0 spiro atoms. The van der Waals surface area contributed by atoms with E-state index in [0.717, 1.165) is 11.1 Å². The normalized spacial score (nSPS) is 10.3. The Bertz CT molecular complexity index is 746. The van der Waals surface area contributed by atoms with Gasteiger partial charge in [-0.25, -0.2) is 9.97 Å². The fraction of sp³-hybridized carbons (Fsp3) is 0.200. The molecule has 1 heterocycles. The van der Waals surface area contributed by atoms with Gasteiger partial charge in [-0.3, -0.25) is 9.59 Å². The van der Waals surface area contributed by atoms with Crippen LogP contribution < -0.4 is 11.1 Å². The van der Waals surface area contributed by atoms with Gasteiger partial charge in [0.25, 0.3) is 5.91 Å². The summed E-state index contributed by atoms with van der Waals surface area (Å²) >= 11 is 5.96. The highest BCUT2D eigenvalue weighted by Crippen LogP contribution is 2.21. The van der Waals surface area contributed by atoms with E-state index in [1.807, 2.05) is 6.92 Å². The van der Waals surface area contributed by atoms with Crippen molar-refractivity contribution in [2.24, 2.45) is 0 Å². The number of aryl methyl sites for hydroxylation is 1. The van der Waals surface area contributed by atoms with Crippen molar-refractivity contribution in [2.75, 3.05) is 12.8 Å². The van der Waals surface area contributed by atoms with Crippen molar-refractivity contribution in [2.45, 2.75) is 13.3 Å². The molecule has 0 fully saturated rings. The Morgan fingerprint density at radius 2 is 2.05 bits per heavy atom. The minimum Gasteiger partial charge on any atom is -0.382 e. The number of carbonyl (C=O) groups excluding carboxylic acids is 2. The summed E-state index contributed by atoms with van der Waals surface area (Å²) in [6.45, 7) is 1.87. The van der Waals surface area contributed by atoms with E-state index in [0.29, 0.717) is 5.56 Å². The van der Waals surface area contributed by atoms with Crippen LogP contribution in [0.3, 0.4) is 0 Å². The summed E-state index contributed by atoms with van der Waals surface area (Å²) in [5, 5.41) is 2.60. The first-order chi connectivity index (χ1) is 10.4. The maximum absolute atomic E-state index is 12.4. The lowest BCUT2D eigenvalue weighted by Gasteiger charge is -2.09. The molecule has 1 aromatic heterocycles. The summed E-state index contributed by atoms with van der Waals surface area (Å²) < 4.78 is 0. The molecule has 0 aliphatic heterocycles. The Morgan fingerprint density at radius 3 is 2.73 bits per heavy atom. The minimum atomic E-state index is -0.281. The van der Waals surface area contributed by atoms with Crippen molar-refractivity contribution >= 4 is 29.1 Å². The van der Waals surface area contributed by atoms with E-state index in [2.05, 4.69) is 15.3 Å². The molecule has 114 valence electrons. The van der Waals surface area contributed by atoms with Crippen LogP contribution in [0.2, 0.25) is 5.02 Å². The Labute approximate surface area is 132 Å². The van der Waals surface area contributed by atoms with Crippen molar-refractivity contribution in [3.8, 4) is 0 Å². The molecule has 0 saturated carbocycles. The second kappa shape index (κ2) is 6.53. The van der Waals surface area contributed by atoms with Crippen molar-refractivity contribution in [3.05, 3.63) is 51.9 Å². The predicted molar refractivity (Wildman–Crippen MR) is 84.1 cm³/mol. The standard InChI is InChI=1S/C15H15ClN4O2/c1-8-3-4-9(15(22)18-2)5-10(8)6-11(21)13-12(16)14(17)20-7-19-13/h3-5,7H,6H2,1-2H3,(H,18,22)(H2,17,19,20). The van der Waals surface area contributed by atoms with Crippen molar-refractivity contribution < 1.29 is 9.59 Å². The van der Waals surface area contributed by atoms with Crippen LogP contribution in [0.15, 0.2) is 24.5 Å². The molecule has 2 rings (SSSR count). The number of Topliss-reactive ketones (excluding diaryl/α,β-unsaturated/α-hetero) is 1. The van der Waals surface area contributed by atoms with Gasteiger partial charge >= 0.3 is 0 Å². The zero-order valence-corrected chi connectivity index (χ0v) is 12.9. The lowest BCUT2D eigenvalue weighted by atomic mass is 9.99. The molecule has 3 N–H and O–H groups in total. The Hall–Kier alpha value is -2.47. The summed E-state index contributed by atoms with van der Waals surface area (Å²) in [7, 11) is 1.55. The lowest BCUT2D eigenvalue weighted by Crippen LogP contribution is -2.18. The third kappa shape index (κ3) is 3.23. The molecule has 0 saturated heterocycles.